The molecule has 1 aliphatic rings. The van der Waals surface area contributed by atoms with Crippen molar-refractivity contribution in [3.63, 3.8) is 0 Å². The Hall–Kier alpha value is -0.310. The number of hydrogen-bond donors (Lipinski definition) is 2. The van der Waals surface area contributed by atoms with Crippen LogP contribution in [0.3, 0.4) is 0 Å². The van der Waals surface area contributed by atoms with E-state index in [0.717, 1.165) is 5.75 Å². The number of rotatable bonds is 6. The first-order valence-electron chi connectivity index (χ1n) is 5.92. The molecule has 0 radical (unpaired) electrons. The molecule has 1 rings (SSSR count). The highest BCUT2D eigenvalue weighted by molar-refractivity contribution is 8.01. The zero-order chi connectivity index (χ0) is 13.6. The summed E-state index contributed by atoms with van der Waals surface area (Å²) >= 11 is 1.60. The van der Waals surface area contributed by atoms with Crippen molar-refractivity contribution < 1.29 is 18.3 Å². The van der Waals surface area contributed by atoms with Gasteiger partial charge in [0.05, 0.1) is 13.2 Å². The molecule has 0 aliphatic carbocycles. The highest BCUT2D eigenvalue weighted by Crippen LogP contribution is 2.20. The minimum atomic E-state index is -3.16. The Morgan fingerprint density at radius 2 is 2.28 bits per heavy atom. The van der Waals surface area contributed by atoms with Crippen molar-refractivity contribution >= 4 is 27.5 Å². The van der Waals surface area contributed by atoms with Crippen LogP contribution in [0.4, 0.5) is 0 Å². The smallest absolute Gasteiger partial charge is 0.234 e. The maximum atomic E-state index is 11.9. The molecule has 1 aliphatic heterocycles. The second-order valence-electron chi connectivity index (χ2n) is 4.03. The van der Waals surface area contributed by atoms with E-state index in [1.54, 1.807) is 23.6 Å². The molecule has 0 aromatic rings. The Morgan fingerprint density at radius 3 is 2.89 bits per heavy atom. The summed E-state index contributed by atoms with van der Waals surface area (Å²) in [5.41, 5.74) is 0. The van der Waals surface area contributed by atoms with E-state index in [9.17, 15) is 13.2 Å². The molecule has 1 atom stereocenters. The zero-order valence-corrected chi connectivity index (χ0v) is 12.1. The topological polar surface area (TPSA) is 86.7 Å². The molecule has 8 heteroatoms. The SMILES string of the molecule is CCS(=O)(=O)C1CSCCN1CC(=O)NCCO. The number of aliphatic hydroxyl groups excluding tert-OH is 1. The number of carbonyl (C=O) groups is 1. The second kappa shape index (κ2) is 7.32. The lowest BCUT2D eigenvalue weighted by molar-refractivity contribution is -0.122. The van der Waals surface area contributed by atoms with Crippen LogP contribution in [0.1, 0.15) is 6.92 Å². The van der Waals surface area contributed by atoms with Gasteiger partial charge in [0.15, 0.2) is 9.84 Å². The maximum Gasteiger partial charge on any atom is 0.234 e. The normalized spacial score (nSPS) is 21.8. The van der Waals surface area contributed by atoms with E-state index in [2.05, 4.69) is 5.32 Å². The average Bonchev–Trinajstić information content (AvgIpc) is 2.37. The predicted molar refractivity (Wildman–Crippen MR) is 72.2 cm³/mol. The summed E-state index contributed by atoms with van der Waals surface area (Å²) in [4.78, 5) is 13.3. The Balaban J connectivity index is 2.63. The van der Waals surface area contributed by atoms with Gasteiger partial charge in [0.1, 0.15) is 5.37 Å². The molecule has 1 unspecified atom stereocenters. The van der Waals surface area contributed by atoms with Crippen LogP contribution in [-0.2, 0) is 14.6 Å². The van der Waals surface area contributed by atoms with Crippen LogP contribution >= 0.6 is 11.8 Å². The van der Waals surface area contributed by atoms with Crippen LogP contribution < -0.4 is 5.32 Å². The highest BCUT2D eigenvalue weighted by Gasteiger charge is 2.33. The van der Waals surface area contributed by atoms with E-state index in [0.29, 0.717) is 12.3 Å². The predicted octanol–water partition coefficient (Wildman–Crippen LogP) is -1.10. The lowest BCUT2D eigenvalue weighted by atomic mass is 10.4. The summed E-state index contributed by atoms with van der Waals surface area (Å²) in [6.07, 6.45) is 0. The maximum absolute atomic E-state index is 11.9. The first-order chi connectivity index (χ1) is 8.51. The van der Waals surface area contributed by atoms with Crippen LogP contribution in [0.15, 0.2) is 0 Å². The quantitative estimate of drug-likeness (QED) is 0.647. The summed E-state index contributed by atoms with van der Waals surface area (Å²) in [5, 5.41) is 10.6. The molecule has 0 saturated carbocycles. The van der Waals surface area contributed by atoms with Gasteiger partial charge in [-0.3, -0.25) is 9.69 Å². The molecule has 1 amide bonds. The van der Waals surface area contributed by atoms with E-state index in [1.165, 1.54) is 0 Å². The third kappa shape index (κ3) is 4.42. The fraction of sp³-hybridized carbons (Fsp3) is 0.900. The number of nitrogens with one attached hydrogen (secondary N) is 1. The first kappa shape index (κ1) is 15.7. The van der Waals surface area contributed by atoms with E-state index in [1.807, 2.05) is 0 Å². The first-order valence-corrected chi connectivity index (χ1v) is 8.79. The number of aliphatic hydroxyl groups is 1. The Kier molecular flexibility index (Phi) is 6.40. The fourth-order valence-electron chi connectivity index (χ4n) is 1.76. The van der Waals surface area contributed by atoms with E-state index in [-0.39, 0.29) is 31.4 Å². The molecular formula is C10H20N2O4S2. The summed E-state index contributed by atoms with van der Waals surface area (Å²) in [7, 11) is -3.16. The number of carbonyl (C=O) groups excluding carboxylic acids is 1. The van der Waals surface area contributed by atoms with Gasteiger partial charge in [-0.2, -0.15) is 11.8 Å². The van der Waals surface area contributed by atoms with Gasteiger partial charge in [0.2, 0.25) is 5.91 Å². The van der Waals surface area contributed by atoms with Crippen molar-refractivity contribution in [3.8, 4) is 0 Å². The average molecular weight is 296 g/mol. The number of hydrogen-bond acceptors (Lipinski definition) is 6. The molecule has 0 aromatic heterocycles. The summed E-state index contributed by atoms with van der Waals surface area (Å²) in [6.45, 7) is 2.38. The van der Waals surface area contributed by atoms with Gasteiger partial charge in [0.25, 0.3) is 0 Å². The lowest BCUT2D eigenvalue weighted by Crippen LogP contribution is -2.51. The van der Waals surface area contributed by atoms with Gasteiger partial charge in [-0.25, -0.2) is 8.42 Å². The summed E-state index contributed by atoms with van der Waals surface area (Å²) in [5.74, 6) is 1.20. The lowest BCUT2D eigenvalue weighted by Gasteiger charge is -2.33. The third-order valence-electron chi connectivity index (χ3n) is 2.79. The Morgan fingerprint density at radius 1 is 1.56 bits per heavy atom. The molecule has 0 bridgehead atoms. The summed E-state index contributed by atoms with van der Waals surface area (Å²) in [6, 6.07) is 0. The number of nitrogens with zero attached hydrogens (tertiary/aromatic N) is 1. The van der Waals surface area contributed by atoms with Gasteiger partial charge in [-0.1, -0.05) is 6.92 Å². The summed E-state index contributed by atoms with van der Waals surface area (Å²) < 4.78 is 23.9. The monoisotopic (exact) mass is 296 g/mol. The van der Waals surface area contributed by atoms with Gasteiger partial charge in [0, 0.05) is 30.3 Å². The Bertz CT molecular complexity index is 372. The van der Waals surface area contributed by atoms with Crippen molar-refractivity contribution in [1.82, 2.24) is 10.2 Å². The molecule has 1 heterocycles. The molecular weight excluding hydrogens is 276 g/mol. The van der Waals surface area contributed by atoms with Crippen LogP contribution in [0, 0.1) is 0 Å². The molecule has 0 spiro atoms. The molecule has 6 nitrogen and oxygen atoms in total. The largest absolute Gasteiger partial charge is 0.395 e. The van der Waals surface area contributed by atoms with E-state index >= 15 is 0 Å². The van der Waals surface area contributed by atoms with Crippen molar-refractivity contribution in [3.05, 3.63) is 0 Å². The van der Waals surface area contributed by atoms with Crippen molar-refractivity contribution in [2.24, 2.45) is 0 Å². The minimum absolute atomic E-state index is 0.0739. The number of sulfone groups is 1. The molecule has 0 aromatic carbocycles. The molecule has 1 saturated heterocycles. The number of thioether (sulfide) groups is 1. The van der Waals surface area contributed by atoms with Gasteiger partial charge in [-0.15, -0.1) is 0 Å². The standard InChI is InChI=1S/C10H20N2O4S2/c1-2-18(15,16)10-8-17-6-4-12(10)7-9(14)11-3-5-13/h10,13H,2-8H2,1H3,(H,11,14). The van der Waals surface area contributed by atoms with Crippen molar-refractivity contribution in [1.29, 1.82) is 0 Å². The van der Waals surface area contributed by atoms with Crippen molar-refractivity contribution in [2.75, 3.05) is 43.5 Å². The molecule has 106 valence electrons. The molecule has 1 fully saturated rings. The van der Waals surface area contributed by atoms with Gasteiger partial charge < -0.3 is 10.4 Å². The Labute approximate surface area is 112 Å². The van der Waals surface area contributed by atoms with Crippen LogP contribution in [0.2, 0.25) is 0 Å². The van der Waals surface area contributed by atoms with E-state index in [4.69, 9.17) is 5.11 Å². The van der Waals surface area contributed by atoms with Gasteiger partial charge >= 0.3 is 0 Å². The fourth-order valence-corrected chi connectivity index (χ4v) is 4.83. The molecule has 2 N–H and O–H groups in total. The number of amides is 1. The second-order valence-corrected chi connectivity index (χ2v) is 7.62. The third-order valence-corrected chi connectivity index (χ3v) is 6.12. The minimum Gasteiger partial charge on any atom is -0.395 e. The highest BCUT2D eigenvalue weighted by atomic mass is 32.2. The zero-order valence-electron chi connectivity index (χ0n) is 10.5. The van der Waals surface area contributed by atoms with Crippen LogP contribution in [0.25, 0.3) is 0 Å². The van der Waals surface area contributed by atoms with Gasteiger partial charge in [-0.05, 0) is 0 Å². The molecule has 18 heavy (non-hydrogen) atoms. The van der Waals surface area contributed by atoms with E-state index < -0.39 is 15.2 Å². The van der Waals surface area contributed by atoms with Crippen LogP contribution in [-0.4, -0.2) is 73.2 Å². The van der Waals surface area contributed by atoms with Crippen molar-refractivity contribution in [2.45, 2.75) is 12.3 Å². The van der Waals surface area contributed by atoms with Crippen LogP contribution in [0.5, 0.6) is 0 Å².